The highest BCUT2D eigenvalue weighted by Gasteiger charge is 2.37. The predicted molar refractivity (Wildman–Crippen MR) is 130 cm³/mol. The lowest BCUT2D eigenvalue weighted by Crippen LogP contribution is -2.40. The molecule has 1 amide bonds. The van der Waals surface area contributed by atoms with Gasteiger partial charge in [-0.15, -0.1) is 0 Å². The van der Waals surface area contributed by atoms with Crippen molar-refractivity contribution in [3.8, 4) is 5.75 Å². The number of hydrogen-bond donors (Lipinski definition) is 0. The van der Waals surface area contributed by atoms with Crippen molar-refractivity contribution in [3.05, 3.63) is 76.9 Å². The second-order valence-electron chi connectivity index (χ2n) is 9.55. The van der Waals surface area contributed by atoms with E-state index < -0.39 is 0 Å². The van der Waals surface area contributed by atoms with Gasteiger partial charge in [0.25, 0.3) is 5.91 Å². The first-order chi connectivity index (χ1) is 16.6. The van der Waals surface area contributed by atoms with E-state index in [1.165, 1.54) is 5.56 Å². The Morgan fingerprint density at radius 3 is 2.59 bits per heavy atom. The molecular weight excluding hydrogens is 428 g/mol. The first-order valence-corrected chi connectivity index (χ1v) is 12.2. The number of Topliss-reactive ketones (excluding diaryl/α,β-unsaturated/α-hetero) is 1. The van der Waals surface area contributed by atoms with Gasteiger partial charge in [0.05, 0.1) is 19.3 Å². The lowest BCUT2D eigenvalue weighted by molar-refractivity contribution is -0.122. The maximum absolute atomic E-state index is 13.0. The molecule has 1 aliphatic carbocycles. The van der Waals surface area contributed by atoms with Gasteiger partial charge in [0.1, 0.15) is 12.4 Å². The summed E-state index contributed by atoms with van der Waals surface area (Å²) in [5.74, 6) is 0.798. The van der Waals surface area contributed by atoms with E-state index >= 15 is 0 Å². The Balaban J connectivity index is 1.19. The quantitative estimate of drug-likeness (QED) is 0.479. The van der Waals surface area contributed by atoms with Gasteiger partial charge in [0.2, 0.25) is 0 Å². The monoisotopic (exact) mass is 460 g/mol. The van der Waals surface area contributed by atoms with Crippen LogP contribution in [0.15, 0.2) is 54.6 Å². The van der Waals surface area contributed by atoms with Crippen molar-refractivity contribution >= 4 is 11.7 Å². The fourth-order valence-corrected chi connectivity index (χ4v) is 5.07. The zero-order chi connectivity index (χ0) is 23.5. The minimum atomic E-state index is -0.348. The van der Waals surface area contributed by atoms with Crippen LogP contribution in [0, 0.1) is 0 Å². The van der Waals surface area contributed by atoms with Crippen LogP contribution in [0.3, 0.4) is 0 Å². The summed E-state index contributed by atoms with van der Waals surface area (Å²) in [6.07, 6.45) is 2.85. The first-order valence-electron chi connectivity index (χ1n) is 12.2. The molecule has 2 aromatic rings. The van der Waals surface area contributed by atoms with Gasteiger partial charge in [-0.2, -0.15) is 0 Å². The fraction of sp³-hybridized carbons (Fsp3) is 0.429. The van der Waals surface area contributed by atoms with Crippen LogP contribution in [0.4, 0.5) is 0 Å². The maximum Gasteiger partial charge on any atom is 0.255 e. The minimum Gasteiger partial charge on any atom is -0.489 e. The highest BCUT2D eigenvalue weighted by Crippen LogP contribution is 2.32. The van der Waals surface area contributed by atoms with E-state index in [9.17, 15) is 9.59 Å². The Kier molecular flexibility index (Phi) is 6.79. The summed E-state index contributed by atoms with van der Waals surface area (Å²) in [7, 11) is 0. The van der Waals surface area contributed by atoms with Crippen LogP contribution in [0.2, 0.25) is 0 Å². The standard InChI is InChI=1S/C28H32N2O4/c1-20-3-2-4-26(27(31)15-20)30-18-23-16-24(9-10-25(23)28(30)32)34-19-22-7-5-21(6-8-22)17-29-11-13-33-14-12-29/h5-10,16,26H,1-4,11-15,17-19H2/t26-/m0/s1. The summed E-state index contributed by atoms with van der Waals surface area (Å²) in [5.41, 5.74) is 4.98. The summed E-state index contributed by atoms with van der Waals surface area (Å²) in [5, 5.41) is 0. The van der Waals surface area contributed by atoms with Crippen molar-refractivity contribution in [2.45, 2.75) is 51.4 Å². The van der Waals surface area contributed by atoms with Crippen molar-refractivity contribution in [3.63, 3.8) is 0 Å². The van der Waals surface area contributed by atoms with Gasteiger partial charge in [0.15, 0.2) is 5.78 Å². The second-order valence-corrected chi connectivity index (χ2v) is 9.55. The minimum absolute atomic E-state index is 0.0525. The Labute approximate surface area is 201 Å². The van der Waals surface area contributed by atoms with Crippen LogP contribution in [0.5, 0.6) is 5.75 Å². The number of amides is 1. The molecule has 2 aromatic carbocycles. The molecule has 3 aliphatic rings. The number of carbonyl (C=O) groups is 2. The Bertz CT molecular complexity index is 1070. The van der Waals surface area contributed by atoms with Crippen molar-refractivity contribution in [2.75, 3.05) is 26.3 Å². The second kappa shape index (κ2) is 10.1. The molecule has 2 heterocycles. The maximum atomic E-state index is 13.0. The van der Waals surface area contributed by atoms with Gasteiger partial charge in [-0.3, -0.25) is 14.5 Å². The van der Waals surface area contributed by atoms with Crippen molar-refractivity contribution in [1.29, 1.82) is 0 Å². The number of ketones is 1. The number of nitrogens with zero attached hydrogens (tertiary/aromatic N) is 2. The van der Waals surface area contributed by atoms with Crippen molar-refractivity contribution in [1.82, 2.24) is 9.80 Å². The van der Waals surface area contributed by atoms with Gasteiger partial charge in [-0.1, -0.05) is 36.4 Å². The summed E-state index contributed by atoms with van der Waals surface area (Å²) in [6, 6.07) is 13.8. The number of hydrogen-bond acceptors (Lipinski definition) is 5. The smallest absolute Gasteiger partial charge is 0.255 e. The summed E-state index contributed by atoms with van der Waals surface area (Å²) < 4.78 is 11.5. The molecule has 2 aliphatic heterocycles. The van der Waals surface area contributed by atoms with Crippen LogP contribution in [0.25, 0.3) is 0 Å². The molecule has 178 valence electrons. The average Bonchev–Trinajstić information content (AvgIpc) is 3.06. The number of allylic oxidation sites excluding steroid dienone is 1. The number of rotatable bonds is 6. The molecule has 6 heteroatoms. The molecule has 0 bridgehead atoms. The topological polar surface area (TPSA) is 59.1 Å². The molecule has 0 unspecified atom stereocenters. The van der Waals surface area contributed by atoms with Crippen LogP contribution < -0.4 is 4.74 Å². The van der Waals surface area contributed by atoms with Crippen LogP contribution in [-0.4, -0.2) is 53.8 Å². The highest BCUT2D eigenvalue weighted by atomic mass is 16.5. The average molecular weight is 461 g/mol. The third-order valence-electron chi connectivity index (χ3n) is 7.03. The normalized spacial score (nSPS) is 21.5. The molecule has 0 aromatic heterocycles. The van der Waals surface area contributed by atoms with Gasteiger partial charge in [-0.25, -0.2) is 0 Å². The van der Waals surface area contributed by atoms with Crippen LogP contribution >= 0.6 is 0 Å². The number of morpholine rings is 1. The zero-order valence-electron chi connectivity index (χ0n) is 19.6. The largest absolute Gasteiger partial charge is 0.489 e. The molecule has 1 saturated heterocycles. The van der Waals surface area contributed by atoms with Crippen LogP contribution in [0.1, 0.15) is 52.7 Å². The van der Waals surface area contributed by atoms with E-state index in [1.54, 1.807) is 4.90 Å². The summed E-state index contributed by atoms with van der Waals surface area (Å²) >= 11 is 0. The Hall–Kier alpha value is -2.96. The molecule has 0 spiro atoms. The number of ether oxygens (including phenoxy) is 2. The third-order valence-corrected chi connectivity index (χ3v) is 7.03. The van der Waals surface area contributed by atoms with Gasteiger partial charge >= 0.3 is 0 Å². The van der Waals surface area contributed by atoms with Gasteiger partial charge in [-0.05, 0) is 54.2 Å². The molecule has 6 nitrogen and oxygen atoms in total. The van der Waals surface area contributed by atoms with Crippen molar-refractivity contribution in [2.24, 2.45) is 0 Å². The predicted octanol–water partition coefficient (Wildman–Crippen LogP) is 4.12. The fourth-order valence-electron chi connectivity index (χ4n) is 5.07. The Morgan fingerprint density at radius 1 is 1.03 bits per heavy atom. The molecule has 34 heavy (non-hydrogen) atoms. The zero-order valence-corrected chi connectivity index (χ0v) is 19.6. The summed E-state index contributed by atoms with van der Waals surface area (Å²) in [6.45, 7) is 9.43. The van der Waals surface area contributed by atoms with E-state index in [0.29, 0.717) is 31.6 Å². The molecule has 0 radical (unpaired) electrons. The van der Waals surface area contributed by atoms with E-state index in [1.807, 2.05) is 18.2 Å². The van der Waals surface area contributed by atoms with Gasteiger partial charge in [0, 0.05) is 38.2 Å². The Morgan fingerprint density at radius 2 is 1.79 bits per heavy atom. The lowest BCUT2D eigenvalue weighted by atomic mass is 10.1. The lowest BCUT2D eigenvalue weighted by Gasteiger charge is -2.26. The summed E-state index contributed by atoms with van der Waals surface area (Å²) in [4.78, 5) is 29.8. The molecule has 1 saturated carbocycles. The van der Waals surface area contributed by atoms with Gasteiger partial charge < -0.3 is 14.4 Å². The van der Waals surface area contributed by atoms with E-state index in [4.69, 9.17) is 9.47 Å². The highest BCUT2D eigenvalue weighted by molar-refractivity contribution is 6.01. The van der Waals surface area contributed by atoms with Crippen molar-refractivity contribution < 1.29 is 19.1 Å². The first kappa shape index (κ1) is 22.8. The number of carbonyl (C=O) groups excluding carboxylic acids is 2. The number of benzene rings is 2. The molecule has 5 rings (SSSR count). The van der Waals surface area contributed by atoms with E-state index in [-0.39, 0.29) is 17.7 Å². The molecule has 0 N–H and O–H groups in total. The van der Waals surface area contributed by atoms with E-state index in [0.717, 1.165) is 68.1 Å². The SMILES string of the molecule is C=C1CCC[C@H](N2Cc3cc(OCc4ccc(CN5CCOCC5)cc4)ccc3C2=O)C(=O)C1. The molecule has 2 fully saturated rings. The number of fused-ring (bicyclic) bond motifs is 1. The third kappa shape index (κ3) is 5.08. The molecule has 1 atom stereocenters. The van der Waals surface area contributed by atoms with E-state index in [2.05, 4.69) is 35.7 Å². The van der Waals surface area contributed by atoms with Crippen LogP contribution in [-0.2, 0) is 29.2 Å². The molecular formula is C28H32N2O4.